The molecule has 0 spiro atoms. The third-order valence-corrected chi connectivity index (χ3v) is 4.15. The van der Waals surface area contributed by atoms with Gasteiger partial charge in [0.25, 0.3) is 10.1 Å². The second-order valence-electron chi connectivity index (χ2n) is 4.73. The molecule has 116 valence electrons. The maximum atomic E-state index is 11.5. The molecule has 1 aliphatic rings. The Morgan fingerprint density at radius 1 is 1.27 bits per heavy atom. The smallest absolute Gasteiger partial charge is 0.295 e. The van der Waals surface area contributed by atoms with Gasteiger partial charge in [-0.05, 0) is 17.4 Å². The van der Waals surface area contributed by atoms with E-state index in [0.717, 1.165) is 18.5 Å². The minimum atomic E-state index is -4.23. The van der Waals surface area contributed by atoms with E-state index in [1.54, 1.807) is 30.6 Å². The van der Waals surface area contributed by atoms with Crippen LogP contribution in [0.3, 0.4) is 0 Å². The van der Waals surface area contributed by atoms with Crippen molar-refractivity contribution in [2.45, 2.75) is 11.3 Å². The first-order valence-corrected chi connectivity index (χ1v) is 8.28. The first kappa shape index (κ1) is 16.2. The van der Waals surface area contributed by atoms with Gasteiger partial charge >= 0.3 is 0 Å². The molecule has 0 atom stereocenters. The molecule has 2 aromatic carbocycles. The van der Waals surface area contributed by atoms with Gasteiger partial charge in [-0.25, -0.2) is 0 Å². The van der Waals surface area contributed by atoms with Crippen LogP contribution in [0, 0.1) is 0 Å². The lowest BCUT2D eigenvalue weighted by Gasteiger charge is -2.09. The molecule has 3 rings (SSSR count). The van der Waals surface area contributed by atoms with E-state index in [0.29, 0.717) is 17.4 Å². The Morgan fingerprint density at radius 3 is 2.59 bits per heavy atom. The van der Waals surface area contributed by atoms with Crippen molar-refractivity contribution in [2.75, 3.05) is 13.1 Å². The van der Waals surface area contributed by atoms with Gasteiger partial charge in [-0.1, -0.05) is 42.5 Å². The van der Waals surface area contributed by atoms with E-state index in [1.165, 1.54) is 0 Å². The van der Waals surface area contributed by atoms with E-state index < -0.39 is 10.1 Å². The number of allylic oxidation sites excluding steroid dienone is 1. The highest BCUT2D eigenvalue weighted by Crippen LogP contribution is 2.27. The number of benzene rings is 2. The molecule has 2 N–H and O–H groups in total. The number of nitrogens with zero attached hydrogens (tertiary/aromatic N) is 1. The highest BCUT2D eigenvalue weighted by atomic mass is 32.2. The van der Waals surface area contributed by atoms with Gasteiger partial charge in [-0.3, -0.25) is 9.55 Å². The van der Waals surface area contributed by atoms with Crippen LogP contribution in [0.5, 0.6) is 0 Å². The fraction of sp³-hybridized carbons (Fsp3) is 0.188. The lowest BCUT2D eigenvalue weighted by Crippen LogP contribution is -2.04. The molecule has 0 saturated heterocycles. The van der Waals surface area contributed by atoms with Gasteiger partial charge in [0, 0.05) is 11.9 Å². The Bertz CT molecular complexity index is 792. The average Bonchev–Trinajstić information content (AvgIpc) is 3.05. The van der Waals surface area contributed by atoms with E-state index in [2.05, 4.69) is 16.9 Å². The topological polar surface area (TPSA) is 78.8 Å². The largest absolute Gasteiger partial charge is 0.375 e. The van der Waals surface area contributed by atoms with Crippen LogP contribution in [-0.2, 0) is 16.5 Å². The molecule has 0 aromatic heterocycles. The quantitative estimate of drug-likeness (QED) is 0.673. The van der Waals surface area contributed by atoms with Gasteiger partial charge < -0.3 is 5.32 Å². The van der Waals surface area contributed by atoms with Crippen LogP contribution in [-0.4, -0.2) is 32.4 Å². The Balaban J connectivity index is 0.000000299. The Morgan fingerprint density at radius 2 is 2.05 bits per heavy atom. The summed E-state index contributed by atoms with van der Waals surface area (Å²) in [6, 6.07) is 10.6. The summed E-state index contributed by atoms with van der Waals surface area (Å²) in [5.41, 5.74) is 0.557. The molecule has 0 aliphatic carbocycles. The van der Waals surface area contributed by atoms with Crippen LogP contribution >= 0.6 is 0 Å². The third-order valence-electron chi connectivity index (χ3n) is 3.15. The lowest BCUT2D eigenvalue weighted by molar-refractivity contribution is 0.483. The lowest BCUT2D eigenvalue weighted by atomic mass is 10.0. The zero-order valence-electron chi connectivity index (χ0n) is 12.1. The van der Waals surface area contributed by atoms with Gasteiger partial charge in [0.15, 0.2) is 0 Å². The van der Waals surface area contributed by atoms with E-state index in [4.69, 9.17) is 0 Å². The van der Waals surface area contributed by atoms with Crippen LogP contribution in [0.2, 0.25) is 0 Å². The van der Waals surface area contributed by atoms with Crippen molar-refractivity contribution in [2.24, 2.45) is 4.99 Å². The van der Waals surface area contributed by atoms with Gasteiger partial charge in [0.1, 0.15) is 4.90 Å². The van der Waals surface area contributed by atoms with Gasteiger partial charge in [0.05, 0.1) is 12.9 Å². The predicted molar refractivity (Wildman–Crippen MR) is 89.0 cm³/mol. The maximum absolute atomic E-state index is 11.5. The number of nitrogens with one attached hydrogen (secondary N) is 1. The molecule has 0 fully saturated rings. The Hall–Kier alpha value is -2.18. The summed E-state index contributed by atoms with van der Waals surface area (Å²) in [5, 5.41) is 4.25. The minimum absolute atomic E-state index is 0.0181. The molecule has 1 heterocycles. The molecule has 1 aliphatic heterocycles. The fourth-order valence-electron chi connectivity index (χ4n) is 2.23. The molecular formula is C16H18N2O3S. The average molecular weight is 318 g/mol. The molecule has 0 saturated carbocycles. The highest BCUT2D eigenvalue weighted by Gasteiger charge is 2.18. The molecular weight excluding hydrogens is 300 g/mol. The van der Waals surface area contributed by atoms with Crippen LogP contribution in [0.25, 0.3) is 10.8 Å². The minimum Gasteiger partial charge on any atom is -0.375 e. The van der Waals surface area contributed by atoms with E-state index >= 15 is 0 Å². The molecule has 0 bridgehead atoms. The van der Waals surface area contributed by atoms with Crippen molar-refractivity contribution in [3.8, 4) is 0 Å². The molecule has 6 heteroatoms. The van der Waals surface area contributed by atoms with E-state index in [-0.39, 0.29) is 4.90 Å². The predicted octanol–water partition coefficient (Wildman–Crippen LogP) is 2.43. The Labute approximate surface area is 130 Å². The van der Waals surface area contributed by atoms with Gasteiger partial charge in [0.2, 0.25) is 0 Å². The summed E-state index contributed by atoms with van der Waals surface area (Å²) in [4.78, 5) is 3.83. The van der Waals surface area contributed by atoms with Crippen LogP contribution in [0.4, 0.5) is 0 Å². The summed E-state index contributed by atoms with van der Waals surface area (Å²) < 4.78 is 32.3. The summed E-state index contributed by atoms with van der Waals surface area (Å²) in [6.45, 7) is 5.57. The summed E-state index contributed by atoms with van der Waals surface area (Å²) in [6.07, 6.45) is 3.75. The van der Waals surface area contributed by atoms with Gasteiger partial charge in [-0.2, -0.15) is 8.42 Å². The van der Waals surface area contributed by atoms with Crippen molar-refractivity contribution in [3.05, 3.63) is 54.6 Å². The highest BCUT2D eigenvalue weighted by molar-refractivity contribution is 7.86. The van der Waals surface area contributed by atoms with Crippen molar-refractivity contribution >= 4 is 27.2 Å². The van der Waals surface area contributed by atoms with Crippen LogP contribution in [0.1, 0.15) is 5.56 Å². The first-order chi connectivity index (χ1) is 10.5. The molecule has 2 aromatic rings. The fourth-order valence-corrected chi connectivity index (χ4v) is 3.18. The molecule has 0 unspecified atom stereocenters. The third kappa shape index (κ3) is 3.93. The number of hydrogen-bond donors (Lipinski definition) is 2. The van der Waals surface area contributed by atoms with E-state index in [1.807, 2.05) is 18.2 Å². The molecule has 5 nitrogen and oxygen atoms in total. The normalized spacial score (nSPS) is 13.3. The number of aliphatic imine (C=N–C) groups is 1. The number of fused-ring (bicyclic) bond motifs is 1. The summed E-state index contributed by atoms with van der Waals surface area (Å²) >= 11 is 0. The van der Waals surface area contributed by atoms with Crippen molar-refractivity contribution in [1.29, 1.82) is 0 Å². The molecule has 0 amide bonds. The van der Waals surface area contributed by atoms with Crippen LogP contribution in [0.15, 0.2) is 58.9 Å². The SMILES string of the molecule is C1=NCCN1.C=CCc1ccc2ccccc2c1S(=O)(=O)O. The second kappa shape index (κ2) is 7.20. The number of rotatable bonds is 3. The second-order valence-corrected chi connectivity index (χ2v) is 6.09. The Kier molecular flexibility index (Phi) is 5.30. The summed E-state index contributed by atoms with van der Waals surface area (Å²) in [5.74, 6) is 0. The monoisotopic (exact) mass is 318 g/mol. The zero-order valence-corrected chi connectivity index (χ0v) is 12.9. The van der Waals surface area contributed by atoms with Crippen molar-refractivity contribution in [1.82, 2.24) is 5.32 Å². The molecule has 0 radical (unpaired) electrons. The van der Waals surface area contributed by atoms with Gasteiger partial charge in [-0.15, -0.1) is 6.58 Å². The number of hydrogen-bond acceptors (Lipinski definition) is 4. The van der Waals surface area contributed by atoms with Crippen molar-refractivity contribution < 1.29 is 13.0 Å². The maximum Gasteiger partial charge on any atom is 0.295 e. The first-order valence-electron chi connectivity index (χ1n) is 6.84. The molecule has 22 heavy (non-hydrogen) atoms. The van der Waals surface area contributed by atoms with Crippen LogP contribution < -0.4 is 5.32 Å². The van der Waals surface area contributed by atoms with E-state index in [9.17, 15) is 13.0 Å². The van der Waals surface area contributed by atoms with Crippen molar-refractivity contribution in [3.63, 3.8) is 0 Å². The zero-order chi connectivity index (χ0) is 16.0. The summed E-state index contributed by atoms with van der Waals surface area (Å²) in [7, 11) is -4.23. The standard InChI is InChI=1S/C13H12O3S.C3H6N2/c1-2-5-11-9-8-10-6-3-4-7-12(10)13(11)17(14,15)16;1-2-5-3-4-1/h2-4,6-9H,1,5H2,(H,14,15,16);3H,1-2H2,(H,4,5).